The molecule has 5 heteroatoms. The van der Waals surface area contributed by atoms with E-state index in [1.165, 1.54) is 0 Å². The van der Waals surface area contributed by atoms with Gasteiger partial charge in [0, 0.05) is 17.1 Å². The normalized spacial score (nSPS) is 17.6. The van der Waals surface area contributed by atoms with Crippen LogP contribution in [0.1, 0.15) is 17.8 Å². The Labute approximate surface area is 118 Å². The summed E-state index contributed by atoms with van der Waals surface area (Å²) < 4.78 is 2.04. The molecule has 0 radical (unpaired) electrons. The van der Waals surface area contributed by atoms with Gasteiger partial charge in [-0.25, -0.2) is 4.98 Å². The second-order valence-corrected chi connectivity index (χ2v) is 5.12. The number of carbonyl (C=O) groups is 1. The molecule has 2 N–H and O–H groups in total. The smallest absolute Gasteiger partial charge is 0.241 e. The van der Waals surface area contributed by atoms with Gasteiger partial charge < -0.3 is 15.2 Å². The molecule has 1 fully saturated rings. The number of anilines is 1. The van der Waals surface area contributed by atoms with Crippen molar-refractivity contribution in [2.24, 2.45) is 0 Å². The monoisotopic (exact) mass is 270 g/mol. The fourth-order valence-corrected chi connectivity index (χ4v) is 2.21. The van der Waals surface area contributed by atoms with Crippen LogP contribution in [0.25, 0.3) is 5.69 Å². The van der Waals surface area contributed by atoms with Crippen LogP contribution in [0.15, 0.2) is 30.6 Å². The Morgan fingerprint density at radius 2 is 2.05 bits per heavy atom. The van der Waals surface area contributed by atoms with Crippen LogP contribution in [-0.2, 0) is 4.79 Å². The van der Waals surface area contributed by atoms with Gasteiger partial charge in [0.1, 0.15) is 0 Å². The van der Waals surface area contributed by atoms with Gasteiger partial charge in [0.15, 0.2) is 0 Å². The van der Waals surface area contributed by atoms with Crippen LogP contribution in [0, 0.1) is 13.8 Å². The highest BCUT2D eigenvalue weighted by molar-refractivity contribution is 5.95. The average molecular weight is 270 g/mol. The van der Waals surface area contributed by atoms with Gasteiger partial charge in [-0.3, -0.25) is 4.79 Å². The van der Waals surface area contributed by atoms with Gasteiger partial charge >= 0.3 is 0 Å². The van der Waals surface area contributed by atoms with Crippen molar-refractivity contribution < 1.29 is 4.79 Å². The van der Waals surface area contributed by atoms with E-state index in [1.54, 1.807) is 0 Å². The Morgan fingerprint density at radius 1 is 1.35 bits per heavy atom. The summed E-state index contributed by atoms with van der Waals surface area (Å²) in [6, 6.07) is 7.77. The maximum Gasteiger partial charge on any atom is 0.241 e. The standard InChI is InChI=1S/C15H18N4O/c1-10-11(2)19(9-17-10)13-5-3-12(4-6-13)18-15(20)14-7-8-16-14/h3-6,9,14,16H,7-8H2,1-2H3,(H,18,20). The molecule has 1 unspecified atom stereocenters. The summed E-state index contributed by atoms with van der Waals surface area (Å²) in [5.74, 6) is 0.0404. The van der Waals surface area contributed by atoms with Crippen LogP contribution in [0.2, 0.25) is 0 Å². The van der Waals surface area contributed by atoms with E-state index in [0.717, 1.165) is 35.7 Å². The van der Waals surface area contributed by atoms with Crippen LogP contribution in [0.5, 0.6) is 0 Å². The van der Waals surface area contributed by atoms with Crippen molar-refractivity contribution in [2.45, 2.75) is 26.3 Å². The number of rotatable bonds is 3. The molecular weight excluding hydrogens is 252 g/mol. The average Bonchev–Trinajstić information content (AvgIpc) is 2.69. The van der Waals surface area contributed by atoms with E-state index in [9.17, 15) is 4.79 Å². The Morgan fingerprint density at radius 3 is 2.55 bits per heavy atom. The highest BCUT2D eigenvalue weighted by Crippen LogP contribution is 2.17. The van der Waals surface area contributed by atoms with Gasteiger partial charge in [-0.2, -0.15) is 0 Å². The maximum absolute atomic E-state index is 11.8. The van der Waals surface area contributed by atoms with E-state index in [4.69, 9.17) is 0 Å². The molecule has 104 valence electrons. The Balaban J connectivity index is 1.74. The van der Waals surface area contributed by atoms with Crippen molar-refractivity contribution in [2.75, 3.05) is 11.9 Å². The lowest BCUT2D eigenvalue weighted by molar-refractivity contribution is -0.119. The van der Waals surface area contributed by atoms with Gasteiger partial charge in [-0.15, -0.1) is 0 Å². The number of aromatic nitrogens is 2. The summed E-state index contributed by atoms with van der Waals surface area (Å²) >= 11 is 0. The molecule has 0 bridgehead atoms. The van der Waals surface area contributed by atoms with E-state index >= 15 is 0 Å². The molecule has 1 aromatic carbocycles. The minimum Gasteiger partial charge on any atom is -0.325 e. The number of carbonyl (C=O) groups excluding carboxylic acids is 1. The summed E-state index contributed by atoms with van der Waals surface area (Å²) in [5, 5.41) is 6.00. The molecule has 5 nitrogen and oxygen atoms in total. The molecule has 1 amide bonds. The first-order valence-corrected chi connectivity index (χ1v) is 6.80. The number of hydrogen-bond donors (Lipinski definition) is 2. The number of imidazole rings is 1. The quantitative estimate of drug-likeness (QED) is 0.894. The van der Waals surface area contributed by atoms with Crippen molar-refractivity contribution >= 4 is 11.6 Å². The minimum absolute atomic E-state index is 0.0341. The first kappa shape index (κ1) is 12.9. The molecule has 0 saturated carbocycles. The molecule has 2 heterocycles. The first-order valence-electron chi connectivity index (χ1n) is 6.80. The number of aryl methyl sites for hydroxylation is 1. The molecule has 1 atom stereocenters. The molecule has 1 aromatic heterocycles. The lowest BCUT2D eigenvalue weighted by Gasteiger charge is -2.26. The third-order valence-electron chi connectivity index (χ3n) is 3.81. The minimum atomic E-state index is -0.0341. The van der Waals surface area contributed by atoms with Crippen molar-refractivity contribution in [3.63, 3.8) is 0 Å². The summed E-state index contributed by atoms with van der Waals surface area (Å²) in [6.07, 6.45) is 2.73. The van der Waals surface area contributed by atoms with Gasteiger partial charge in [-0.1, -0.05) is 0 Å². The molecular formula is C15H18N4O. The molecule has 0 spiro atoms. The van der Waals surface area contributed by atoms with E-state index in [-0.39, 0.29) is 11.9 Å². The van der Waals surface area contributed by atoms with E-state index in [1.807, 2.05) is 49.0 Å². The summed E-state index contributed by atoms with van der Waals surface area (Å²) in [5.41, 5.74) is 4.02. The van der Waals surface area contributed by atoms with Crippen molar-refractivity contribution in [3.8, 4) is 5.69 Å². The molecule has 1 aliphatic rings. The summed E-state index contributed by atoms with van der Waals surface area (Å²) in [4.78, 5) is 16.1. The topological polar surface area (TPSA) is 59.0 Å². The van der Waals surface area contributed by atoms with Crippen LogP contribution < -0.4 is 10.6 Å². The lowest BCUT2D eigenvalue weighted by Crippen LogP contribution is -2.50. The number of nitrogens with zero attached hydrogens (tertiary/aromatic N) is 2. The summed E-state index contributed by atoms with van der Waals surface area (Å²) in [6.45, 7) is 4.96. The molecule has 20 heavy (non-hydrogen) atoms. The van der Waals surface area contributed by atoms with Gasteiger partial charge in [0.05, 0.1) is 18.1 Å². The second-order valence-electron chi connectivity index (χ2n) is 5.12. The van der Waals surface area contributed by atoms with Crippen LogP contribution in [0.4, 0.5) is 5.69 Å². The number of amides is 1. The van der Waals surface area contributed by atoms with E-state index in [2.05, 4.69) is 15.6 Å². The Bertz CT molecular complexity index is 626. The number of hydrogen-bond acceptors (Lipinski definition) is 3. The first-order chi connectivity index (χ1) is 9.65. The summed E-state index contributed by atoms with van der Waals surface area (Å²) in [7, 11) is 0. The third-order valence-corrected chi connectivity index (χ3v) is 3.81. The predicted octanol–water partition coefficient (Wildman–Crippen LogP) is 1.79. The van der Waals surface area contributed by atoms with Crippen molar-refractivity contribution in [3.05, 3.63) is 42.0 Å². The zero-order valence-electron chi connectivity index (χ0n) is 11.7. The van der Waals surface area contributed by atoms with Crippen LogP contribution >= 0.6 is 0 Å². The molecule has 3 rings (SSSR count). The van der Waals surface area contributed by atoms with Gasteiger partial charge in [-0.05, 0) is 51.1 Å². The van der Waals surface area contributed by atoms with Gasteiger partial charge in [0.25, 0.3) is 0 Å². The zero-order chi connectivity index (χ0) is 14.1. The van der Waals surface area contributed by atoms with Crippen molar-refractivity contribution in [1.29, 1.82) is 0 Å². The fourth-order valence-electron chi connectivity index (χ4n) is 2.21. The lowest BCUT2D eigenvalue weighted by atomic mass is 10.1. The molecule has 1 aliphatic heterocycles. The zero-order valence-corrected chi connectivity index (χ0v) is 11.7. The number of nitrogens with one attached hydrogen (secondary N) is 2. The van der Waals surface area contributed by atoms with E-state index in [0.29, 0.717) is 0 Å². The van der Waals surface area contributed by atoms with Crippen molar-refractivity contribution in [1.82, 2.24) is 14.9 Å². The molecule has 1 saturated heterocycles. The second kappa shape index (κ2) is 5.09. The fraction of sp³-hybridized carbons (Fsp3) is 0.333. The van der Waals surface area contributed by atoms with Gasteiger partial charge in [0.2, 0.25) is 5.91 Å². The highest BCUT2D eigenvalue weighted by atomic mass is 16.2. The number of benzene rings is 1. The van der Waals surface area contributed by atoms with E-state index < -0.39 is 0 Å². The molecule has 0 aliphatic carbocycles. The maximum atomic E-state index is 11.8. The Hall–Kier alpha value is -2.14. The highest BCUT2D eigenvalue weighted by Gasteiger charge is 2.24. The van der Waals surface area contributed by atoms with Crippen LogP contribution in [0.3, 0.4) is 0 Å². The van der Waals surface area contributed by atoms with Crippen LogP contribution in [-0.4, -0.2) is 28.0 Å². The largest absolute Gasteiger partial charge is 0.325 e. The predicted molar refractivity (Wildman–Crippen MR) is 78.1 cm³/mol. The Kier molecular flexibility index (Phi) is 3.28. The molecule has 2 aromatic rings. The third kappa shape index (κ3) is 2.32. The SMILES string of the molecule is Cc1ncn(-c2ccc(NC(=O)C3CCN3)cc2)c1C.